The smallest absolute Gasteiger partial charge is 0.193 e. The predicted molar refractivity (Wildman–Crippen MR) is 122 cm³/mol. The van der Waals surface area contributed by atoms with Gasteiger partial charge >= 0.3 is 0 Å². The number of β-amino-alcohol motifs (C(OH)–C–C–N with tert-alkyl or cyclic N) is 1. The van der Waals surface area contributed by atoms with E-state index < -0.39 is 6.10 Å². The minimum Gasteiger partial charge on any atom is -0.487 e. The van der Waals surface area contributed by atoms with Crippen molar-refractivity contribution < 1.29 is 19.1 Å². The first-order valence-electron chi connectivity index (χ1n) is 9.99. The van der Waals surface area contributed by atoms with Crippen LogP contribution in [0.2, 0.25) is 0 Å². The highest BCUT2D eigenvalue weighted by molar-refractivity contribution is 6.16. The van der Waals surface area contributed by atoms with Crippen LogP contribution in [0.1, 0.15) is 49.4 Å². The molecule has 2 N–H and O–H groups in total. The van der Waals surface area contributed by atoms with Crippen LogP contribution in [0.4, 0.5) is 0 Å². The summed E-state index contributed by atoms with van der Waals surface area (Å²) in [5.74, 6) is 1.26. The molecule has 1 aromatic heterocycles. The average Bonchev–Trinajstić information content (AvgIpc) is 3.15. The van der Waals surface area contributed by atoms with E-state index in [1.807, 2.05) is 52.0 Å². The Morgan fingerprint density at radius 2 is 1.87 bits per heavy atom. The number of ether oxygens (including phenoxy) is 1. The summed E-state index contributed by atoms with van der Waals surface area (Å²) in [5, 5.41) is 14.2. The highest BCUT2D eigenvalue weighted by Crippen LogP contribution is 2.33. The molecule has 0 saturated heterocycles. The Morgan fingerprint density at radius 1 is 1.17 bits per heavy atom. The largest absolute Gasteiger partial charge is 0.487 e. The van der Waals surface area contributed by atoms with Crippen LogP contribution in [0.15, 0.2) is 52.9 Å². The molecule has 6 heteroatoms. The number of nitrogens with one attached hydrogen (secondary N) is 1. The van der Waals surface area contributed by atoms with Crippen molar-refractivity contribution >= 4 is 29.2 Å². The Morgan fingerprint density at radius 3 is 2.50 bits per heavy atom. The summed E-state index contributed by atoms with van der Waals surface area (Å²) >= 11 is 0. The molecule has 2 aromatic carbocycles. The van der Waals surface area contributed by atoms with Crippen molar-refractivity contribution in [2.75, 3.05) is 13.2 Å². The van der Waals surface area contributed by atoms with Crippen LogP contribution in [0.3, 0.4) is 0 Å². The maximum Gasteiger partial charge on any atom is 0.193 e. The molecule has 0 fully saturated rings. The number of carbonyl (C=O) groups is 1. The van der Waals surface area contributed by atoms with Crippen LogP contribution in [0.25, 0.3) is 11.0 Å². The molecular weight excluding hydrogens is 402 g/mol. The lowest BCUT2D eigenvalue weighted by Crippen LogP contribution is -2.42. The number of aryl methyl sites for hydroxylation is 1. The number of furan rings is 1. The first kappa shape index (κ1) is 23.9. The van der Waals surface area contributed by atoms with Crippen LogP contribution in [-0.4, -0.2) is 35.7 Å². The van der Waals surface area contributed by atoms with Gasteiger partial charge in [-0.05, 0) is 39.0 Å². The molecule has 0 bridgehead atoms. The van der Waals surface area contributed by atoms with Crippen molar-refractivity contribution in [3.8, 4) is 5.75 Å². The Hall–Kier alpha value is -2.34. The molecule has 1 atom stereocenters. The average molecular weight is 432 g/mol. The first-order valence-corrected chi connectivity index (χ1v) is 9.99. The van der Waals surface area contributed by atoms with E-state index in [1.165, 1.54) is 0 Å². The zero-order chi connectivity index (χ0) is 21.0. The van der Waals surface area contributed by atoms with Gasteiger partial charge < -0.3 is 19.6 Å². The lowest BCUT2D eigenvalue weighted by Gasteiger charge is -2.23. The van der Waals surface area contributed by atoms with Crippen molar-refractivity contribution in [2.24, 2.45) is 0 Å². The van der Waals surface area contributed by atoms with Gasteiger partial charge in [0.15, 0.2) is 17.1 Å². The Balaban J connectivity index is 0.00000320. The number of hydrogen-bond donors (Lipinski definition) is 2. The van der Waals surface area contributed by atoms with E-state index in [4.69, 9.17) is 9.15 Å². The van der Waals surface area contributed by atoms with E-state index in [9.17, 15) is 9.90 Å². The van der Waals surface area contributed by atoms with Crippen molar-refractivity contribution in [2.45, 2.75) is 45.8 Å². The van der Waals surface area contributed by atoms with Gasteiger partial charge in [-0.1, -0.05) is 37.3 Å². The molecule has 0 aliphatic rings. The van der Waals surface area contributed by atoms with Gasteiger partial charge in [0.2, 0.25) is 0 Å². The second-order valence-corrected chi connectivity index (χ2v) is 8.21. The summed E-state index contributed by atoms with van der Waals surface area (Å²) in [6.07, 6.45) is 0.0566. The normalized spacial score (nSPS) is 12.4. The quantitative estimate of drug-likeness (QED) is 0.502. The molecule has 0 amide bonds. The highest BCUT2D eigenvalue weighted by Gasteiger charge is 2.19. The molecule has 0 saturated carbocycles. The van der Waals surface area contributed by atoms with Gasteiger partial charge in [0.1, 0.15) is 18.5 Å². The molecule has 0 aliphatic heterocycles. The lowest BCUT2D eigenvalue weighted by molar-refractivity contribution is 0.100. The molecular formula is C24H30ClNO4. The molecule has 162 valence electrons. The Bertz CT molecular complexity index is 976. The predicted octanol–water partition coefficient (Wildman–Crippen LogP) is 4.78. The summed E-state index contributed by atoms with van der Waals surface area (Å²) < 4.78 is 11.8. The molecule has 30 heavy (non-hydrogen) atoms. The maximum atomic E-state index is 13.0. The van der Waals surface area contributed by atoms with Gasteiger partial charge in [0.05, 0.1) is 0 Å². The third kappa shape index (κ3) is 5.85. The van der Waals surface area contributed by atoms with Gasteiger partial charge in [-0.2, -0.15) is 0 Å². The molecule has 0 aliphatic carbocycles. The van der Waals surface area contributed by atoms with Crippen LogP contribution >= 0.6 is 12.4 Å². The first-order chi connectivity index (χ1) is 13.8. The summed E-state index contributed by atoms with van der Waals surface area (Å²) in [5.41, 5.74) is 1.67. The second kappa shape index (κ2) is 10.1. The van der Waals surface area contributed by atoms with Gasteiger partial charge in [0.25, 0.3) is 0 Å². The third-order valence-corrected chi connectivity index (χ3v) is 4.63. The van der Waals surface area contributed by atoms with Gasteiger partial charge in [0, 0.05) is 35.0 Å². The molecule has 3 aromatic rings. The lowest BCUT2D eigenvalue weighted by atomic mass is 9.99. The molecule has 3 rings (SSSR count). The van der Waals surface area contributed by atoms with Crippen LogP contribution in [0.5, 0.6) is 5.75 Å². The molecule has 1 unspecified atom stereocenters. The van der Waals surface area contributed by atoms with Crippen molar-refractivity contribution in [1.82, 2.24) is 5.32 Å². The molecule has 0 radical (unpaired) electrons. The highest BCUT2D eigenvalue weighted by atomic mass is 35.5. The van der Waals surface area contributed by atoms with Crippen molar-refractivity contribution in [3.63, 3.8) is 0 Å². The zero-order valence-electron chi connectivity index (χ0n) is 17.9. The number of fused-ring (bicyclic) bond motifs is 1. The SMILES string of the molecule is CCc1cc2c(C(=O)c3ccccc3)ccc(OCC(O)CNC(C)(C)C)c2o1.Cl. The van der Waals surface area contributed by atoms with Gasteiger partial charge in [-0.3, -0.25) is 4.79 Å². The third-order valence-electron chi connectivity index (χ3n) is 4.63. The van der Waals surface area contributed by atoms with Gasteiger partial charge in [-0.25, -0.2) is 0 Å². The number of hydrogen-bond acceptors (Lipinski definition) is 5. The van der Waals surface area contributed by atoms with E-state index in [0.717, 1.165) is 11.1 Å². The second-order valence-electron chi connectivity index (χ2n) is 8.21. The number of ketones is 1. The summed E-state index contributed by atoms with van der Waals surface area (Å²) in [6, 6.07) is 14.6. The van der Waals surface area contributed by atoms with Crippen molar-refractivity contribution in [1.29, 1.82) is 0 Å². The van der Waals surface area contributed by atoms with Crippen LogP contribution in [-0.2, 0) is 6.42 Å². The minimum atomic E-state index is -0.657. The number of carbonyl (C=O) groups excluding carboxylic acids is 1. The van der Waals surface area contributed by atoms with E-state index >= 15 is 0 Å². The topological polar surface area (TPSA) is 71.7 Å². The van der Waals surface area contributed by atoms with E-state index in [0.29, 0.717) is 35.4 Å². The number of aliphatic hydroxyl groups is 1. The van der Waals surface area contributed by atoms with E-state index in [-0.39, 0.29) is 30.3 Å². The molecule has 1 heterocycles. The number of rotatable bonds is 8. The van der Waals surface area contributed by atoms with E-state index in [1.54, 1.807) is 24.3 Å². The standard InChI is InChI=1S/C24H29NO4.ClH/c1-5-18-13-20-19(22(27)16-9-7-6-8-10-16)11-12-21(23(20)29-18)28-15-17(26)14-25-24(2,3)4;/h6-13,17,25-26H,5,14-15H2,1-4H3;1H. The Kier molecular flexibility index (Phi) is 8.07. The monoisotopic (exact) mass is 431 g/mol. The number of aliphatic hydroxyl groups excluding tert-OH is 1. The minimum absolute atomic E-state index is 0. The fourth-order valence-electron chi connectivity index (χ4n) is 3.05. The van der Waals surface area contributed by atoms with Crippen LogP contribution < -0.4 is 10.1 Å². The van der Waals surface area contributed by atoms with Gasteiger partial charge in [-0.15, -0.1) is 12.4 Å². The fraction of sp³-hybridized carbons (Fsp3) is 0.375. The fourth-order valence-corrected chi connectivity index (χ4v) is 3.05. The number of benzene rings is 2. The van der Waals surface area contributed by atoms with Crippen molar-refractivity contribution in [3.05, 3.63) is 65.4 Å². The summed E-state index contributed by atoms with van der Waals surface area (Å²) in [6.45, 7) is 8.69. The Labute approximate surface area is 183 Å². The summed E-state index contributed by atoms with van der Waals surface area (Å²) in [7, 11) is 0. The van der Waals surface area contributed by atoms with E-state index in [2.05, 4.69) is 5.32 Å². The summed E-state index contributed by atoms with van der Waals surface area (Å²) in [4.78, 5) is 13.0. The zero-order valence-corrected chi connectivity index (χ0v) is 18.7. The molecule has 5 nitrogen and oxygen atoms in total. The number of halogens is 1. The maximum absolute atomic E-state index is 13.0. The molecule has 0 spiro atoms. The van der Waals surface area contributed by atoms with Crippen LogP contribution in [0, 0.1) is 0 Å².